The molecular formula is C11H6N2O2. The molecule has 0 N–H and O–H groups in total. The van der Waals surface area contributed by atoms with Crippen LogP contribution in [0.5, 0.6) is 0 Å². The maximum atomic E-state index is 10.7. The molecule has 0 aliphatic carbocycles. The van der Waals surface area contributed by atoms with Crippen LogP contribution in [0.1, 0.15) is 0 Å². The number of non-ortho nitro benzene ring substituents is 1. The molecule has 0 aromatic heterocycles. The molecule has 4 heteroatoms. The zero-order valence-electron chi connectivity index (χ0n) is 7.68. The molecule has 0 aliphatic heterocycles. The molecular weight excluding hydrogens is 192 g/mol. The number of hydrogen-bond acceptors (Lipinski definition) is 2. The number of rotatable bonds is 1. The van der Waals surface area contributed by atoms with Crippen LogP contribution in [0.2, 0.25) is 0 Å². The summed E-state index contributed by atoms with van der Waals surface area (Å²) in [6.45, 7) is 6.96. The van der Waals surface area contributed by atoms with Crippen molar-refractivity contribution < 1.29 is 4.92 Å². The fourth-order valence-corrected chi connectivity index (χ4v) is 1.52. The van der Waals surface area contributed by atoms with Crippen LogP contribution in [-0.4, -0.2) is 4.92 Å². The van der Waals surface area contributed by atoms with Crippen LogP contribution in [0.25, 0.3) is 15.6 Å². The van der Waals surface area contributed by atoms with E-state index in [1.54, 1.807) is 24.3 Å². The summed E-state index contributed by atoms with van der Waals surface area (Å²) in [5.41, 5.74) is 0.481. The summed E-state index contributed by atoms with van der Waals surface area (Å²) in [7, 11) is 0. The molecule has 0 spiro atoms. The van der Waals surface area contributed by atoms with Crippen molar-refractivity contribution in [3.63, 3.8) is 0 Å². The van der Waals surface area contributed by atoms with Gasteiger partial charge in [0.2, 0.25) is 0 Å². The molecule has 0 amide bonds. The Labute approximate surface area is 85.7 Å². The first kappa shape index (κ1) is 9.16. The highest BCUT2D eigenvalue weighted by atomic mass is 16.6. The fraction of sp³-hybridized carbons (Fsp3) is 0. The molecule has 4 nitrogen and oxygen atoms in total. The van der Waals surface area contributed by atoms with Crippen LogP contribution < -0.4 is 0 Å². The van der Waals surface area contributed by atoms with Crippen molar-refractivity contribution in [3.05, 3.63) is 57.9 Å². The average molecular weight is 198 g/mol. The van der Waals surface area contributed by atoms with Crippen LogP contribution in [0.15, 0.2) is 36.4 Å². The van der Waals surface area contributed by atoms with Gasteiger partial charge in [-0.15, -0.1) is 0 Å². The molecule has 0 bridgehead atoms. The van der Waals surface area contributed by atoms with Crippen LogP contribution in [0.4, 0.5) is 11.4 Å². The summed E-state index contributed by atoms with van der Waals surface area (Å²) in [5.74, 6) is 0. The van der Waals surface area contributed by atoms with Crippen molar-refractivity contribution >= 4 is 22.1 Å². The number of nitrogens with zero attached hydrogens (tertiary/aromatic N) is 2. The Morgan fingerprint density at radius 1 is 1.13 bits per heavy atom. The fourth-order valence-electron chi connectivity index (χ4n) is 1.52. The molecule has 0 aliphatic rings. The van der Waals surface area contributed by atoms with E-state index in [4.69, 9.17) is 6.57 Å². The number of nitro groups is 1. The highest BCUT2D eigenvalue weighted by Gasteiger charge is 2.12. The van der Waals surface area contributed by atoms with E-state index >= 15 is 0 Å². The number of hydrogen-bond donors (Lipinski definition) is 0. The number of nitro benzene ring substituents is 1. The van der Waals surface area contributed by atoms with Gasteiger partial charge in [-0.1, -0.05) is 18.2 Å². The summed E-state index contributed by atoms with van der Waals surface area (Å²) >= 11 is 0. The summed E-state index contributed by atoms with van der Waals surface area (Å²) in [6, 6.07) is 9.71. The van der Waals surface area contributed by atoms with Gasteiger partial charge in [0.25, 0.3) is 5.69 Å². The van der Waals surface area contributed by atoms with E-state index in [9.17, 15) is 10.1 Å². The van der Waals surface area contributed by atoms with E-state index in [0.717, 1.165) is 0 Å². The Kier molecular flexibility index (Phi) is 2.07. The zero-order chi connectivity index (χ0) is 10.8. The monoisotopic (exact) mass is 198 g/mol. The topological polar surface area (TPSA) is 47.5 Å². The lowest BCUT2D eigenvalue weighted by atomic mass is 10.1. The maximum absolute atomic E-state index is 10.7. The van der Waals surface area contributed by atoms with Crippen molar-refractivity contribution in [1.29, 1.82) is 0 Å². The first-order valence-electron chi connectivity index (χ1n) is 4.27. The van der Waals surface area contributed by atoms with E-state index < -0.39 is 4.92 Å². The van der Waals surface area contributed by atoms with Gasteiger partial charge in [0.05, 0.1) is 11.5 Å². The molecule has 2 aromatic carbocycles. The SMILES string of the molecule is [C-]#[N+]c1ccc([N+](=O)[O-])c2ccccc12. The highest BCUT2D eigenvalue weighted by Crippen LogP contribution is 2.32. The normalized spacial score (nSPS) is 9.80. The van der Waals surface area contributed by atoms with E-state index in [1.807, 2.05) is 0 Å². The minimum Gasteiger partial charge on any atom is -0.258 e. The van der Waals surface area contributed by atoms with Crippen LogP contribution in [0.3, 0.4) is 0 Å². The zero-order valence-corrected chi connectivity index (χ0v) is 7.68. The molecule has 2 aromatic rings. The third-order valence-corrected chi connectivity index (χ3v) is 2.20. The second-order valence-electron chi connectivity index (χ2n) is 3.02. The summed E-state index contributed by atoms with van der Waals surface area (Å²) in [4.78, 5) is 13.6. The first-order chi connectivity index (χ1) is 7.24. The van der Waals surface area contributed by atoms with Crippen LogP contribution in [-0.2, 0) is 0 Å². The van der Waals surface area contributed by atoms with Crippen LogP contribution in [0, 0.1) is 16.7 Å². The van der Waals surface area contributed by atoms with E-state index in [0.29, 0.717) is 16.5 Å². The predicted octanol–water partition coefficient (Wildman–Crippen LogP) is 3.30. The van der Waals surface area contributed by atoms with Crippen molar-refractivity contribution in [2.24, 2.45) is 0 Å². The Balaban J connectivity index is 2.91. The van der Waals surface area contributed by atoms with Gasteiger partial charge < -0.3 is 0 Å². The predicted molar refractivity (Wildman–Crippen MR) is 56.9 cm³/mol. The molecule has 0 saturated carbocycles. The van der Waals surface area contributed by atoms with Gasteiger partial charge in [-0.25, -0.2) is 4.85 Å². The van der Waals surface area contributed by atoms with E-state index in [-0.39, 0.29) is 5.69 Å². The Morgan fingerprint density at radius 2 is 1.80 bits per heavy atom. The molecule has 0 heterocycles. The minimum atomic E-state index is -0.434. The average Bonchev–Trinajstić information content (AvgIpc) is 2.27. The lowest BCUT2D eigenvalue weighted by Crippen LogP contribution is -1.88. The Morgan fingerprint density at radius 3 is 2.40 bits per heavy atom. The third kappa shape index (κ3) is 1.40. The quantitative estimate of drug-likeness (QED) is 0.401. The lowest BCUT2D eigenvalue weighted by molar-refractivity contribution is -0.383. The Hall–Kier alpha value is -2.41. The van der Waals surface area contributed by atoms with Crippen LogP contribution >= 0.6 is 0 Å². The van der Waals surface area contributed by atoms with Gasteiger partial charge in [0.1, 0.15) is 0 Å². The molecule has 0 atom stereocenters. The molecule has 72 valence electrons. The maximum Gasteiger partial charge on any atom is 0.274 e. The smallest absolute Gasteiger partial charge is 0.258 e. The molecule has 2 rings (SSSR count). The van der Waals surface area contributed by atoms with E-state index in [2.05, 4.69) is 4.85 Å². The second kappa shape index (κ2) is 3.39. The molecule has 0 fully saturated rings. The first-order valence-corrected chi connectivity index (χ1v) is 4.27. The highest BCUT2D eigenvalue weighted by molar-refractivity contribution is 5.99. The summed E-state index contributed by atoms with van der Waals surface area (Å²) in [6.07, 6.45) is 0. The minimum absolute atomic E-state index is 0.0398. The molecule has 0 unspecified atom stereocenters. The van der Waals surface area contributed by atoms with Gasteiger partial charge in [-0.2, -0.15) is 0 Å². The molecule has 15 heavy (non-hydrogen) atoms. The number of fused-ring (bicyclic) bond motifs is 1. The van der Waals surface area contributed by atoms with Gasteiger partial charge >= 0.3 is 0 Å². The van der Waals surface area contributed by atoms with Crippen molar-refractivity contribution in [2.75, 3.05) is 0 Å². The van der Waals surface area contributed by atoms with Gasteiger partial charge in [0, 0.05) is 11.5 Å². The number of benzene rings is 2. The van der Waals surface area contributed by atoms with Gasteiger partial charge in [-0.05, 0) is 17.5 Å². The Bertz CT molecular complexity index is 585. The van der Waals surface area contributed by atoms with Gasteiger partial charge in [-0.3, -0.25) is 10.1 Å². The lowest BCUT2D eigenvalue weighted by Gasteiger charge is -2.00. The summed E-state index contributed by atoms with van der Waals surface area (Å²) < 4.78 is 0. The van der Waals surface area contributed by atoms with Crippen molar-refractivity contribution in [1.82, 2.24) is 0 Å². The standard InChI is InChI=1S/C11H6N2O2/c1-12-10-6-7-11(13(14)15)9-5-3-2-4-8(9)10/h2-7H. The second-order valence-corrected chi connectivity index (χ2v) is 3.02. The third-order valence-electron chi connectivity index (χ3n) is 2.20. The molecule has 0 saturated heterocycles. The largest absolute Gasteiger partial charge is 0.274 e. The molecule has 0 radical (unpaired) electrons. The van der Waals surface area contributed by atoms with Crippen molar-refractivity contribution in [2.45, 2.75) is 0 Å². The van der Waals surface area contributed by atoms with E-state index in [1.165, 1.54) is 12.1 Å². The van der Waals surface area contributed by atoms with Crippen molar-refractivity contribution in [3.8, 4) is 0 Å². The van der Waals surface area contributed by atoms with Gasteiger partial charge in [0.15, 0.2) is 5.69 Å². The summed E-state index contributed by atoms with van der Waals surface area (Å²) in [5, 5.41) is 11.9.